The molecule has 0 saturated heterocycles. The number of hydroxylamine groups is 2. The number of carbonyl (C=O) groups is 1. The van der Waals surface area contributed by atoms with Crippen LogP contribution in [0.2, 0.25) is 0 Å². The SMILES string of the molecule is CON(C)C(=O)c1ncc(CCCSc2ccccc2)c2c1CCC2. The van der Waals surface area contributed by atoms with Gasteiger partial charge in [-0.25, -0.2) is 5.06 Å². The number of aryl methyl sites for hydroxylation is 1. The Bertz CT molecular complexity index is 734. The third kappa shape index (κ3) is 4.22. The van der Waals surface area contributed by atoms with E-state index in [-0.39, 0.29) is 5.91 Å². The van der Waals surface area contributed by atoms with Crippen LogP contribution < -0.4 is 0 Å². The molecule has 0 radical (unpaired) electrons. The second-order valence-corrected chi connectivity index (χ2v) is 7.36. The highest BCUT2D eigenvalue weighted by Gasteiger charge is 2.25. The number of pyridine rings is 1. The maximum atomic E-state index is 12.4. The van der Waals surface area contributed by atoms with Gasteiger partial charge in [-0.1, -0.05) is 18.2 Å². The number of thioether (sulfide) groups is 1. The van der Waals surface area contributed by atoms with Gasteiger partial charge in [0.05, 0.1) is 7.11 Å². The van der Waals surface area contributed by atoms with Crippen molar-refractivity contribution in [3.8, 4) is 0 Å². The number of fused-ring (bicyclic) bond motifs is 1. The smallest absolute Gasteiger partial charge is 0.274 e. The average molecular weight is 356 g/mol. The number of hydrogen-bond donors (Lipinski definition) is 0. The molecule has 0 aliphatic heterocycles. The molecule has 1 amide bonds. The number of hydrogen-bond acceptors (Lipinski definition) is 4. The minimum absolute atomic E-state index is 0.160. The number of benzene rings is 1. The Morgan fingerprint density at radius 1 is 1.24 bits per heavy atom. The van der Waals surface area contributed by atoms with Gasteiger partial charge in [-0.3, -0.25) is 14.6 Å². The molecule has 0 unspecified atom stereocenters. The van der Waals surface area contributed by atoms with Gasteiger partial charge in [-0.2, -0.15) is 0 Å². The predicted octanol–water partition coefficient (Wildman–Crippen LogP) is 3.93. The highest BCUT2D eigenvalue weighted by Crippen LogP contribution is 2.29. The van der Waals surface area contributed by atoms with E-state index in [1.165, 1.54) is 28.2 Å². The fourth-order valence-corrected chi connectivity index (χ4v) is 4.13. The molecule has 0 spiro atoms. The molecule has 0 saturated carbocycles. The first kappa shape index (κ1) is 18.0. The normalized spacial score (nSPS) is 12.9. The Hall–Kier alpha value is -1.85. The van der Waals surface area contributed by atoms with Crippen molar-refractivity contribution in [3.05, 3.63) is 58.9 Å². The topological polar surface area (TPSA) is 42.4 Å². The van der Waals surface area contributed by atoms with Gasteiger partial charge < -0.3 is 0 Å². The van der Waals surface area contributed by atoms with Gasteiger partial charge >= 0.3 is 0 Å². The predicted molar refractivity (Wildman–Crippen MR) is 101 cm³/mol. The second kappa shape index (κ2) is 8.50. The third-order valence-electron chi connectivity index (χ3n) is 4.61. The molecule has 0 fully saturated rings. The molecule has 0 atom stereocenters. The van der Waals surface area contributed by atoms with Gasteiger partial charge in [0.1, 0.15) is 5.69 Å². The van der Waals surface area contributed by atoms with E-state index in [0.717, 1.165) is 43.4 Å². The van der Waals surface area contributed by atoms with Crippen molar-refractivity contribution in [2.24, 2.45) is 0 Å². The average Bonchev–Trinajstić information content (AvgIpc) is 3.15. The molecule has 4 nitrogen and oxygen atoms in total. The van der Waals surface area contributed by atoms with E-state index < -0.39 is 0 Å². The summed E-state index contributed by atoms with van der Waals surface area (Å²) in [5, 5.41) is 1.25. The summed E-state index contributed by atoms with van der Waals surface area (Å²) in [6, 6.07) is 10.5. The maximum absolute atomic E-state index is 12.4. The van der Waals surface area contributed by atoms with Crippen LogP contribution >= 0.6 is 11.8 Å². The molecule has 132 valence electrons. The van der Waals surface area contributed by atoms with E-state index in [9.17, 15) is 4.79 Å². The summed E-state index contributed by atoms with van der Waals surface area (Å²) >= 11 is 1.89. The number of amides is 1. The van der Waals surface area contributed by atoms with Crippen molar-refractivity contribution < 1.29 is 9.63 Å². The zero-order chi connectivity index (χ0) is 17.6. The molecular weight excluding hydrogens is 332 g/mol. The van der Waals surface area contributed by atoms with E-state index in [1.54, 1.807) is 7.05 Å². The lowest BCUT2D eigenvalue weighted by Gasteiger charge is -2.16. The number of nitrogens with zero attached hydrogens (tertiary/aromatic N) is 2. The first-order valence-corrected chi connectivity index (χ1v) is 9.69. The molecule has 0 bridgehead atoms. The summed E-state index contributed by atoms with van der Waals surface area (Å²) in [7, 11) is 3.12. The summed E-state index contributed by atoms with van der Waals surface area (Å²) in [4.78, 5) is 23.2. The van der Waals surface area contributed by atoms with Crippen LogP contribution in [0, 0.1) is 0 Å². The van der Waals surface area contributed by atoms with Crippen LogP contribution in [0.5, 0.6) is 0 Å². The Balaban J connectivity index is 1.65. The van der Waals surface area contributed by atoms with Gasteiger partial charge in [0.2, 0.25) is 0 Å². The van der Waals surface area contributed by atoms with Crippen LogP contribution in [0.25, 0.3) is 0 Å². The lowest BCUT2D eigenvalue weighted by molar-refractivity contribution is -0.0761. The van der Waals surface area contributed by atoms with Crippen molar-refractivity contribution in [2.75, 3.05) is 19.9 Å². The molecule has 0 N–H and O–H groups in total. The summed E-state index contributed by atoms with van der Waals surface area (Å²) in [5.41, 5.74) is 4.33. The molecule has 3 rings (SSSR count). The maximum Gasteiger partial charge on any atom is 0.296 e. The molecule has 5 heteroatoms. The van der Waals surface area contributed by atoms with E-state index in [1.807, 2.05) is 24.0 Å². The quantitative estimate of drug-likeness (QED) is 0.428. The van der Waals surface area contributed by atoms with Crippen LogP contribution in [0.15, 0.2) is 41.4 Å². The van der Waals surface area contributed by atoms with E-state index in [4.69, 9.17) is 4.84 Å². The van der Waals surface area contributed by atoms with Crippen LogP contribution in [0.4, 0.5) is 0 Å². The fraction of sp³-hybridized carbons (Fsp3) is 0.400. The number of carbonyl (C=O) groups excluding carboxylic acids is 1. The summed E-state index contributed by atoms with van der Waals surface area (Å²) in [6.45, 7) is 0. The van der Waals surface area contributed by atoms with E-state index in [2.05, 4.69) is 29.2 Å². The van der Waals surface area contributed by atoms with Crippen LogP contribution in [-0.2, 0) is 24.1 Å². The summed E-state index contributed by atoms with van der Waals surface area (Å²) < 4.78 is 0. The van der Waals surface area contributed by atoms with Crippen LogP contribution in [-0.4, -0.2) is 35.9 Å². The van der Waals surface area contributed by atoms with Crippen molar-refractivity contribution >= 4 is 17.7 Å². The molecule has 1 aliphatic carbocycles. The number of aromatic nitrogens is 1. The lowest BCUT2D eigenvalue weighted by Crippen LogP contribution is -2.27. The Kier molecular flexibility index (Phi) is 6.10. The monoisotopic (exact) mass is 356 g/mol. The second-order valence-electron chi connectivity index (χ2n) is 6.19. The minimum Gasteiger partial charge on any atom is -0.274 e. The Morgan fingerprint density at radius 3 is 2.76 bits per heavy atom. The van der Waals surface area contributed by atoms with Crippen molar-refractivity contribution in [1.29, 1.82) is 0 Å². The van der Waals surface area contributed by atoms with Gasteiger partial charge in [0.25, 0.3) is 5.91 Å². The largest absolute Gasteiger partial charge is 0.296 e. The lowest BCUT2D eigenvalue weighted by atomic mass is 10.0. The Labute approximate surface area is 153 Å². The zero-order valence-corrected chi connectivity index (χ0v) is 15.6. The first-order valence-electron chi connectivity index (χ1n) is 8.70. The molecule has 25 heavy (non-hydrogen) atoms. The third-order valence-corrected chi connectivity index (χ3v) is 5.70. The van der Waals surface area contributed by atoms with E-state index >= 15 is 0 Å². The standard InChI is InChI=1S/C20H24N2O2S/c1-22(24-2)20(23)19-18-12-6-11-17(18)15(14-21-19)8-7-13-25-16-9-4-3-5-10-16/h3-5,9-10,14H,6-8,11-13H2,1-2H3. The van der Waals surface area contributed by atoms with Crippen LogP contribution in [0.1, 0.15) is 40.0 Å². The van der Waals surface area contributed by atoms with Gasteiger partial charge in [-0.05, 0) is 66.7 Å². The first-order chi connectivity index (χ1) is 12.2. The summed E-state index contributed by atoms with van der Waals surface area (Å²) in [5.74, 6) is 0.929. The minimum atomic E-state index is -0.160. The van der Waals surface area contributed by atoms with Gasteiger partial charge in [0, 0.05) is 18.1 Å². The van der Waals surface area contributed by atoms with Crippen molar-refractivity contribution in [1.82, 2.24) is 10.0 Å². The fourth-order valence-electron chi connectivity index (χ4n) is 3.26. The molecule has 1 aromatic heterocycles. The van der Waals surface area contributed by atoms with Gasteiger partial charge in [0.15, 0.2) is 0 Å². The van der Waals surface area contributed by atoms with Crippen LogP contribution in [0.3, 0.4) is 0 Å². The molecule has 1 aromatic carbocycles. The molecular formula is C20H24N2O2S. The van der Waals surface area contributed by atoms with Crippen molar-refractivity contribution in [2.45, 2.75) is 37.0 Å². The van der Waals surface area contributed by atoms with Gasteiger partial charge in [-0.15, -0.1) is 11.8 Å². The highest BCUT2D eigenvalue weighted by molar-refractivity contribution is 7.99. The number of rotatable bonds is 7. The van der Waals surface area contributed by atoms with E-state index in [0.29, 0.717) is 5.69 Å². The summed E-state index contributed by atoms with van der Waals surface area (Å²) in [6.07, 6.45) is 7.12. The molecule has 1 aliphatic rings. The molecule has 2 aromatic rings. The Morgan fingerprint density at radius 2 is 2.00 bits per heavy atom. The molecule has 1 heterocycles. The highest BCUT2D eigenvalue weighted by atomic mass is 32.2. The zero-order valence-electron chi connectivity index (χ0n) is 14.8. The van der Waals surface area contributed by atoms with Crippen molar-refractivity contribution in [3.63, 3.8) is 0 Å².